The van der Waals surface area contributed by atoms with Gasteiger partial charge in [-0.2, -0.15) is 5.10 Å². The Morgan fingerprint density at radius 1 is 1.11 bits per heavy atom. The number of anilines is 1. The number of likely N-dealkylation sites (tertiary alicyclic amines) is 1. The maximum atomic E-state index is 14.2. The fourth-order valence-electron chi connectivity index (χ4n) is 5.94. The summed E-state index contributed by atoms with van der Waals surface area (Å²) in [7, 11) is 1.41. The van der Waals surface area contributed by atoms with Crippen LogP contribution in [0.15, 0.2) is 36.4 Å². The number of fused-ring (bicyclic) bond motifs is 1. The minimum atomic E-state index is -0.390. The van der Waals surface area contributed by atoms with E-state index >= 15 is 0 Å². The fraction of sp³-hybridized carbons (Fsp3) is 0.414. The molecule has 7 nitrogen and oxygen atoms in total. The maximum Gasteiger partial charge on any atom is 0.409 e. The van der Waals surface area contributed by atoms with Crippen LogP contribution in [0.2, 0.25) is 10.0 Å². The second-order valence-corrected chi connectivity index (χ2v) is 11.3. The van der Waals surface area contributed by atoms with Gasteiger partial charge in [0.25, 0.3) is 5.91 Å². The number of carbonyl (C=O) groups is 2. The number of carbonyl (C=O) groups excluding carboxylic acids is 2. The minimum absolute atomic E-state index is 0.0444. The van der Waals surface area contributed by atoms with Gasteiger partial charge in [0.1, 0.15) is 0 Å². The lowest BCUT2D eigenvalue weighted by Gasteiger charge is -2.30. The van der Waals surface area contributed by atoms with Gasteiger partial charge in [-0.05, 0) is 73.6 Å². The molecule has 0 radical (unpaired) electrons. The molecule has 2 aromatic carbocycles. The number of methoxy groups -OCH3 is 1. The van der Waals surface area contributed by atoms with Gasteiger partial charge < -0.3 is 9.64 Å². The number of halogens is 2. The zero-order valence-corrected chi connectivity index (χ0v) is 23.8. The van der Waals surface area contributed by atoms with Crippen molar-refractivity contribution in [3.8, 4) is 0 Å². The summed E-state index contributed by atoms with van der Waals surface area (Å²) in [4.78, 5) is 30.1. The molecule has 0 spiro atoms. The number of aromatic nitrogens is 2. The number of amides is 2. The first-order chi connectivity index (χ1) is 18.1. The van der Waals surface area contributed by atoms with Gasteiger partial charge in [0.2, 0.25) is 0 Å². The van der Waals surface area contributed by atoms with E-state index in [1.807, 2.05) is 59.8 Å². The van der Waals surface area contributed by atoms with E-state index in [0.29, 0.717) is 28.8 Å². The van der Waals surface area contributed by atoms with Crippen molar-refractivity contribution in [2.45, 2.75) is 65.1 Å². The molecule has 38 heavy (non-hydrogen) atoms. The van der Waals surface area contributed by atoms with E-state index in [0.717, 1.165) is 46.5 Å². The second kappa shape index (κ2) is 10.3. The summed E-state index contributed by atoms with van der Waals surface area (Å²) in [5, 5.41) is 6.12. The van der Waals surface area contributed by atoms with Gasteiger partial charge in [-0.25, -0.2) is 4.79 Å². The molecule has 1 unspecified atom stereocenters. The lowest BCUT2D eigenvalue weighted by Crippen LogP contribution is -2.39. The Kier molecular flexibility index (Phi) is 7.18. The largest absolute Gasteiger partial charge is 0.453 e. The molecule has 3 aromatic rings. The number of hydrogen-bond acceptors (Lipinski definition) is 4. The third-order valence-corrected chi connectivity index (χ3v) is 8.13. The maximum absolute atomic E-state index is 14.2. The van der Waals surface area contributed by atoms with Crippen LogP contribution in [0, 0.1) is 13.8 Å². The summed E-state index contributed by atoms with van der Waals surface area (Å²) in [6, 6.07) is 10.9. The highest BCUT2D eigenvalue weighted by atomic mass is 35.5. The average molecular weight is 556 g/mol. The third-order valence-electron chi connectivity index (χ3n) is 7.66. The zero-order chi connectivity index (χ0) is 27.3. The Bertz CT molecular complexity index is 1420. The molecule has 9 heteroatoms. The minimum Gasteiger partial charge on any atom is -0.453 e. The highest BCUT2D eigenvalue weighted by molar-refractivity contribution is 6.31. The van der Waals surface area contributed by atoms with Gasteiger partial charge in [-0.1, -0.05) is 49.2 Å². The summed E-state index contributed by atoms with van der Waals surface area (Å²) < 4.78 is 6.96. The van der Waals surface area contributed by atoms with Gasteiger partial charge in [0, 0.05) is 33.5 Å². The molecule has 3 heterocycles. The van der Waals surface area contributed by atoms with Crippen LogP contribution in [0.3, 0.4) is 0 Å². The summed E-state index contributed by atoms with van der Waals surface area (Å²) in [5.74, 6) is -0.0795. The van der Waals surface area contributed by atoms with Crippen molar-refractivity contribution < 1.29 is 14.3 Å². The smallest absolute Gasteiger partial charge is 0.409 e. The molecule has 1 aromatic heterocycles. The van der Waals surface area contributed by atoms with E-state index < -0.39 is 6.04 Å². The van der Waals surface area contributed by atoms with Crippen molar-refractivity contribution in [3.05, 3.63) is 80.1 Å². The summed E-state index contributed by atoms with van der Waals surface area (Å²) >= 11 is 12.7. The highest BCUT2D eigenvalue weighted by Gasteiger charge is 2.46. The first-order valence-electron chi connectivity index (χ1n) is 12.9. The predicted molar refractivity (Wildman–Crippen MR) is 149 cm³/mol. The number of hydrogen-bond donors (Lipinski definition) is 0. The molecule has 0 aliphatic carbocycles. The van der Waals surface area contributed by atoms with Crippen LogP contribution in [-0.2, 0) is 11.3 Å². The molecule has 0 saturated carbocycles. The van der Waals surface area contributed by atoms with E-state index in [9.17, 15) is 9.59 Å². The van der Waals surface area contributed by atoms with Crippen molar-refractivity contribution in [3.63, 3.8) is 0 Å². The molecule has 2 amide bonds. The normalized spacial score (nSPS) is 19.0. The van der Waals surface area contributed by atoms with E-state index in [1.54, 1.807) is 4.90 Å². The molecule has 2 aliphatic heterocycles. The number of nitrogens with zero attached hydrogens (tertiary/aromatic N) is 4. The molecule has 5 rings (SSSR count). The number of benzene rings is 2. The molecule has 1 saturated heterocycles. The number of aryl methyl sites for hydroxylation is 2. The van der Waals surface area contributed by atoms with E-state index in [4.69, 9.17) is 33.0 Å². The Labute approximate surface area is 233 Å². The van der Waals surface area contributed by atoms with Crippen molar-refractivity contribution in [2.24, 2.45) is 0 Å². The van der Waals surface area contributed by atoms with E-state index in [2.05, 4.69) is 13.8 Å². The van der Waals surface area contributed by atoms with E-state index in [-0.39, 0.29) is 24.0 Å². The van der Waals surface area contributed by atoms with Crippen LogP contribution in [-0.4, -0.2) is 46.4 Å². The third kappa shape index (κ3) is 4.46. The second-order valence-electron chi connectivity index (χ2n) is 10.5. The Balaban J connectivity index is 1.68. The number of rotatable bonds is 5. The molecule has 1 fully saturated rings. The van der Waals surface area contributed by atoms with Gasteiger partial charge in [-0.15, -0.1) is 0 Å². The SMILES string of the molecule is COC(=O)N1CCC[C@H]1Cn1nc2c(c1C(C)C)C(c1ccc(Cl)cc1C)N(c1cc(Cl)ccc1C)C2=O. The number of ether oxygens (including phenoxy) is 1. The Morgan fingerprint density at radius 2 is 1.82 bits per heavy atom. The monoisotopic (exact) mass is 554 g/mol. The molecule has 0 bridgehead atoms. The molecular weight excluding hydrogens is 523 g/mol. The lowest BCUT2D eigenvalue weighted by atomic mass is 9.91. The predicted octanol–water partition coefficient (Wildman–Crippen LogP) is 6.91. The molecule has 2 aliphatic rings. The van der Waals surface area contributed by atoms with Crippen LogP contribution >= 0.6 is 23.2 Å². The Hall–Kier alpha value is -3.03. The lowest BCUT2D eigenvalue weighted by molar-refractivity contribution is 0.0984. The van der Waals surface area contributed by atoms with Crippen LogP contribution in [0.25, 0.3) is 0 Å². The van der Waals surface area contributed by atoms with E-state index in [1.165, 1.54) is 7.11 Å². The fourth-order valence-corrected chi connectivity index (χ4v) is 6.33. The molecule has 0 N–H and O–H groups in total. The Morgan fingerprint density at radius 3 is 2.50 bits per heavy atom. The molecule has 200 valence electrons. The van der Waals surface area contributed by atoms with Crippen LogP contribution in [0.1, 0.15) is 77.1 Å². The van der Waals surface area contributed by atoms with Crippen molar-refractivity contribution >= 4 is 40.9 Å². The quantitative estimate of drug-likeness (QED) is 0.343. The first-order valence-corrected chi connectivity index (χ1v) is 13.7. The average Bonchev–Trinajstić information content (AvgIpc) is 3.55. The topological polar surface area (TPSA) is 67.7 Å². The van der Waals surface area contributed by atoms with Crippen LogP contribution < -0.4 is 4.90 Å². The summed E-state index contributed by atoms with van der Waals surface area (Å²) in [6.07, 6.45) is 1.44. The molecular formula is C29H32Cl2N4O3. The van der Waals surface area contributed by atoms with Gasteiger partial charge in [0.15, 0.2) is 5.69 Å². The highest BCUT2D eigenvalue weighted by Crippen LogP contribution is 2.47. The van der Waals surface area contributed by atoms with Gasteiger partial charge >= 0.3 is 6.09 Å². The van der Waals surface area contributed by atoms with Crippen LogP contribution in [0.5, 0.6) is 0 Å². The van der Waals surface area contributed by atoms with Crippen LogP contribution in [0.4, 0.5) is 10.5 Å². The molecule has 2 atom stereocenters. The van der Waals surface area contributed by atoms with Crippen molar-refractivity contribution in [1.29, 1.82) is 0 Å². The van der Waals surface area contributed by atoms with Gasteiger partial charge in [-0.3, -0.25) is 14.4 Å². The summed E-state index contributed by atoms with van der Waals surface area (Å²) in [6.45, 7) is 9.38. The van der Waals surface area contributed by atoms with Crippen molar-refractivity contribution in [1.82, 2.24) is 14.7 Å². The van der Waals surface area contributed by atoms with Gasteiger partial charge in [0.05, 0.1) is 25.7 Å². The zero-order valence-electron chi connectivity index (χ0n) is 22.3. The summed E-state index contributed by atoms with van der Waals surface area (Å²) in [5.41, 5.74) is 6.01. The standard InChI is InChI=1S/C29H32Cl2N4O3/c1-16(2)26-24-25(32-34(26)15-21-7-6-12-33(21)29(37)38-5)28(36)35(23-14-20(31)9-8-17(23)3)27(24)22-11-10-19(30)13-18(22)4/h8-11,13-14,16,21,27H,6-7,12,15H2,1-5H3/t21-,27?/m0/s1. The van der Waals surface area contributed by atoms with Crippen molar-refractivity contribution in [2.75, 3.05) is 18.6 Å². The first kappa shape index (κ1) is 26.6.